The highest BCUT2D eigenvalue weighted by atomic mass is 79.9. The Kier molecular flexibility index (Phi) is 4.01. The van der Waals surface area contributed by atoms with Gasteiger partial charge in [-0.1, -0.05) is 22.9 Å². The Morgan fingerprint density at radius 3 is 2.33 bits per heavy atom. The highest BCUT2D eigenvalue weighted by Crippen LogP contribution is 2.26. The second-order valence-corrected chi connectivity index (χ2v) is 4.90. The molecule has 0 aliphatic heterocycles. The summed E-state index contributed by atoms with van der Waals surface area (Å²) in [6, 6.07) is 3.96. The Hall–Kier alpha value is -1.36. The summed E-state index contributed by atoms with van der Waals surface area (Å²) >= 11 is 3.53. The topological polar surface area (TPSA) is 48.2 Å². The number of benzene rings is 1. The molecule has 5 heteroatoms. The van der Waals surface area contributed by atoms with Gasteiger partial charge in [-0.05, 0) is 37.1 Å². The van der Waals surface area contributed by atoms with Gasteiger partial charge in [0.25, 0.3) is 5.89 Å². The van der Waals surface area contributed by atoms with Gasteiger partial charge in [0.2, 0.25) is 5.89 Å². The van der Waals surface area contributed by atoms with Crippen molar-refractivity contribution in [3.8, 4) is 5.75 Å². The van der Waals surface area contributed by atoms with Gasteiger partial charge in [0.15, 0.2) is 6.61 Å². The number of rotatable bonds is 4. The zero-order valence-corrected chi connectivity index (χ0v) is 12.2. The Labute approximate surface area is 114 Å². The second-order valence-electron chi connectivity index (χ2n) is 4.10. The zero-order valence-electron chi connectivity index (χ0n) is 10.7. The lowest BCUT2D eigenvalue weighted by Gasteiger charge is -2.08. The largest absolute Gasteiger partial charge is 0.484 e. The molecule has 0 spiro atoms. The average Bonchev–Trinajstić information content (AvgIpc) is 2.81. The second kappa shape index (κ2) is 5.52. The number of nitrogens with zero attached hydrogens (tertiary/aromatic N) is 2. The minimum Gasteiger partial charge on any atom is -0.484 e. The van der Waals surface area contributed by atoms with E-state index in [9.17, 15) is 0 Å². The third-order valence-electron chi connectivity index (χ3n) is 2.58. The lowest BCUT2D eigenvalue weighted by Crippen LogP contribution is -1.97. The Morgan fingerprint density at radius 2 is 1.78 bits per heavy atom. The monoisotopic (exact) mass is 310 g/mol. The molecule has 0 unspecified atom stereocenters. The molecule has 1 aromatic carbocycles. The molecule has 2 rings (SSSR count). The summed E-state index contributed by atoms with van der Waals surface area (Å²) < 4.78 is 12.1. The standard InChI is InChI=1S/C13H15BrN2O2/c1-4-11-15-16-12(18-11)7-17-10-5-8(2)13(14)9(3)6-10/h5-6H,4,7H2,1-3H3. The molecule has 18 heavy (non-hydrogen) atoms. The predicted molar refractivity (Wildman–Crippen MR) is 71.6 cm³/mol. The summed E-state index contributed by atoms with van der Waals surface area (Å²) in [5.41, 5.74) is 2.29. The molecule has 0 bridgehead atoms. The first kappa shape index (κ1) is 13.1. The van der Waals surface area contributed by atoms with Crippen LogP contribution in [-0.4, -0.2) is 10.2 Å². The zero-order chi connectivity index (χ0) is 13.1. The molecule has 0 amide bonds. The molecular formula is C13H15BrN2O2. The number of ether oxygens (including phenoxy) is 1. The lowest BCUT2D eigenvalue weighted by atomic mass is 10.1. The molecule has 0 saturated heterocycles. The quantitative estimate of drug-likeness (QED) is 0.866. The maximum absolute atomic E-state index is 5.65. The SMILES string of the molecule is CCc1nnc(COc2cc(C)c(Br)c(C)c2)o1. The maximum atomic E-state index is 5.65. The van der Waals surface area contributed by atoms with Crippen molar-refractivity contribution in [2.24, 2.45) is 0 Å². The van der Waals surface area contributed by atoms with Crippen molar-refractivity contribution >= 4 is 15.9 Å². The van der Waals surface area contributed by atoms with Gasteiger partial charge in [0, 0.05) is 10.9 Å². The fourth-order valence-electron chi connectivity index (χ4n) is 1.62. The normalized spacial score (nSPS) is 10.7. The summed E-state index contributed by atoms with van der Waals surface area (Å²) in [5.74, 6) is 1.95. The van der Waals surface area contributed by atoms with Crippen molar-refractivity contribution in [2.75, 3.05) is 0 Å². The predicted octanol–water partition coefficient (Wildman–Crippen LogP) is 3.59. The van der Waals surface area contributed by atoms with E-state index in [0.29, 0.717) is 18.4 Å². The van der Waals surface area contributed by atoms with E-state index < -0.39 is 0 Å². The minimum absolute atomic E-state index is 0.299. The molecule has 2 aromatic rings. The third kappa shape index (κ3) is 2.90. The first-order valence-electron chi connectivity index (χ1n) is 5.81. The highest BCUT2D eigenvalue weighted by molar-refractivity contribution is 9.10. The molecule has 1 aromatic heterocycles. The van der Waals surface area contributed by atoms with Crippen LogP contribution >= 0.6 is 15.9 Å². The van der Waals surface area contributed by atoms with E-state index >= 15 is 0 Å². The van der Waals surface area contributed by atoms with Crippen LogP contribution in [0, 0.1) is 13.8 Å². The average molecular weight is 311 g/mol. The van der Waals surface area contributed by atoms with Gasteiger partial charge in [-0.25, -0.2) is 0 Å². The van der Waals surface area contributed by atoms with Crippen LogP contribution in [-0.2, 0) is 13.0 Å². The van der Waals surface area contributed by atoms with Crippen LogP contribution in [0.1, 0.15) is 29.8 Å². The van der Waals surface area contributed by atoms with E-state index in [2.05, 4.69) is 26.1 Å². The smallest absolute Gasteiger partial charge is 0.253 e. The minimum atomic E-state index is 0.299. The Morgan fingerprint density at radius 1 is 1.17 bits per heavy atom. The van der Waals surface area contributed by atoms with Crippen LogP contribution in [0.25, 0.3) is 0 Å². The molecular weight excluding hydrogens is 296 g/mol. The number of hydrogen-bond acceptors (Lipinski definition) is 4. The van der Waals surface area contributed by atoms with E-state index in [1.807, 2.05) is 32.9 Å². The van der Waals surface area contributed by atoms with E-state index in [1.165, 1.54) is 0 Å². The summed E-state index contributed by atoms with van der Waals surface area (Å²) in [5, 5.41) is 7.81. The van der Waals surface area contributed by atoms with E-state index in [-0.39, 0.29) is 0 Å². The number of hydrogen-bond donors (Lipinski definition) is 0. The van der Waals surface area contributed by atoms with E-state index in [1.54, 1.807) is 0 Å². The molecule has 0 radical (unpaired) electrons. The fraction of sp³-hybridized carbons (Fsp3) is 0.385. The van der Waals surface area contributed by atoms with Crippen molar-refractivity contribution in [2.45, 2.75) is 33.8 Å². The van der Waals surface area contributed by atoms with Gasteiger partial charge in [0.1, 0.15) is 5.75 Å². The van der Waals surface area contributed by atoms with Crippen LogP contribution in [0.5, 0.6) is 5.75 Å². The molecule has 0 fully saturated rings. The molecule has 4 nitrogen and oxygen atoms in total. The van der Waals surface area contributed by atoms with Gasteiger partial charge < -0.3 is 9.15 Å². The summed E-state index contributed by atoms with van der Waals surface area (Å²) in [4.78, 5) is 0. The van der Waals surface area contributed by atoms with Crippen molar-refractivity contribution in [1.29, 1.82) is 0 Å². The molecule has 0 aliphatic carbocycles. The summed E-state index contributed by atoms with van der Waals surface area (Å²) in [6.07, 6.45) is 0.740. The van der Waals surface area contributed by atoms with Gasteiger partial charge >= 0.3 is 0 Å². The van der Waals surface area contributed by atoms with Gasteiger partial charge in [0.05, 0.1) is 0 Å². The number of aryl methyl sites for hydroxylation is 3. The molecule has 0 atom stereocenters. The van der Waals surface area contributed by atoms with Gasteiger partial charge in [-0.2, -0.15) is 0 Å². The lowest BCUT2D eigenvalue weighted by molar-refractivity contribution is 0.259. The molecule has 0 aliphatic rings. The summed E-state index contributed by atoms with van der Waals surface area (Å²) in [7, 11) is 0. The van der Waals surface area contributed by atoms with Crippen LogP contribution in [0.4, 0.5) is 0 Å². The van der Waals surface area contributed by atoms with Gasteiger partial charge in [-0.15, -0.1) is 10.2 Å². The molecule has 1 heterocycles. The first-order chi connectivity index (χ1) is 8.60. The van der Waals surface area contributed by atoms with Crippen molar-refractivity contribution in [3.05, 3.63) is 39.5 Å². The van der Waals surface area contributed by atoms with Crippen LogP contribution in [0.2, 0.25) is 0 Å². The Balaban J connectivity index is 2.06. The summed E-state index contributed by atoms with van der Waals surface area (Å²) in [6.45, 7) is 6.34. The first-order valence-corrected chi connectivity index (χ1v) is 6.60. The third-order valence-corrected chi connectivity index (χ3v) is 3.83. The van der Waals surface area contributed by atoms with E-state index in [4.69, 9.17) is 9.15 Å². The van der Waals surface area contributed by atoms with Crippen molar-refractivity contribution < 1.29 is 9.15 Å². The van der Waals surface area contributed by atoms with Crippen LogP contribution < -0.4 is 4.74 Å². The van der Waals surface area contributed by atoms with Gasteiger partial charge in [-0.3, -0.25) is 0 Å². The number of halogens is 1. The maximum Gasteiger partial charge on any atom is 0.253 e. The Bertz CT molecular complexity index is 529. The molecule has 0 N–H and O–H groups in total. The van der Waals surface area contributed by atoms with E-state index in [0.717, 1.165) is 27.8 Å². The fourth-order valence-corrected chi connectivity index (χ4v) is 1.85. The van der Waals surface area contributed by atoms with Crippen LogP contribution in [0.15, 0.2) is 21.0 Å². The van der Waals surface area contributed by atoms with Crippen molar-refractivity contribution in [3.63, 3.8) is 0 Å². The van der Waals surface area contributed by atoms with Crippen molar-refractivity contribution in [1.82, 2.24) is 10.2 Å². The van der Waals surface area contributed by atoms with Crippen LogP contribution in [0.3, 0.4) is 0 Å². The number of aromatic nitrogens is 2. The molecule has 96 valence electrons. The molecule has 0 saturated carbocycles. The highest BCUT2D eigenvalue weighted by Gasteiger charge is 2.07.